The van der Waals surface area contributed by atoms with Crippen LogP contribution >= 0.6 is 23.5 Å². The van der Waals surface area contributed by atoms with Crippen LogP contribution < -0.4 is 5.32 Å². The Morgan fingerprint density at radius 2 is 1.65 bits per heavy atom. The molecule has 2 aliphatic carbocycles. The number of thioether (sulfide) groups is 2. The summed E-state index contributed by atoms with van der Waals surface area (Å²) in [7, 11) is 0. The first kappa shape index (κ1) is 17.0. The summed E-state index contributed by atoms with van der Waals surface area (Å²) in [6.07, 6.45) is 6.15. The molecule has 1 unspecified atom stereocenters. The van der Waals surface area contributed by atoms with Gasteiger partial charge in [-0.25, -0.2) is 0 Å². The van der Waals surface area contributed by atoms with Crippen LogP contribution in [0.4, 0.5) is 5.69 Å². The van der Waals surface area contributed by atoms with E-state index in [0.717, 1.165) is 30.4 Å². The van der Waals surface area contributed by atoms with Crippen LogP contribution in [0.2, 0.25) is 0 Å². The number of amides is 1. The molecule has 1 heterocycles. The highest BCUT2D eigenvalue weighted by Crippen LogP contribution is 2.64. The quantitative estimate of drug-likeness (QED) is 0.712. The van der Waals surface area contributed by atoms with Crippen molar-refractivity contribution in [2.75, 3.05) is 16.8 Å². The molecule has 2 saturated carbocycles. The molecule has 1 spiro atoms. The van der Waals surface area contributed by atoms with Gasteiger partial charge in [0.25, 0.3) is 0 Å². The van der Waals surface area contributed by atoms with Gasteiger partial charge < -0.3 is 5.32 Å². The smallest absolute Gasteiger partial charge is 0.227 e. The summed E-state index contributed by atoms with van der Waals surface area (Å²) in [5, 5.41) is 5.62. The third-order valence-electron chi connectivity index (χ3n) is 6.51. The van der Waals surface area contributed by atoms with Crippen molar-refractivity contribution in [2.45, 2.75) is 36.2 Å². The second-order valence-corrected chi connectivity index (χ2v) is 11.0. The predicted octanol–water partition coefficient (Wildman–Crippen LogP) is 5.78. The molecule has 0 radical (unpaired) electrons. The standard InChI is InChI=1S/C22H25NOS2/c24-21(23-20-9-8-15-4-1-2-5-16(15)14-20)17-12-18-6-3-7-19(13-17)22(18)25-10-11-26-22/h1-2,4-5,8-9,14,17-19H,3,6-7,10-13H2,(H,23,24)/t17?,18-,19+. The summed E-state index contributed by atoms with van der Waals surface area (Å²) in [5.74, 6) is 4.46. The van der Waals surface area contributed by atoms with Gasteiger partial charge in [0.15, 0.2) is 0 Å². The maximum atomic E-state index is 13.0. The number of anilines is 1. The maximum absolute atomic E-state index is 13.0. The molecule has 2 bridgehead atoms. The van der Waals surface area contributed by atoms with Gasteiger partial charge in [0, 0.05) is 23.1 Å². The van der Waals surface area contributed by atoms with Crippen molar-refractivity contribution in [3.63, 3.8) is 0 Å². The van der Waals surface area contributed by atoms with Gasteiger partial charge in [-0.2, -0.15) is 0 Å². The number of carbonyl (C=O) groups excluding carboxylic acids is 1. The number of carbonyl (C=O) groups is 1. The van der Waals surface area contributed by atoms with Gasteiger partial charge in [-0.15, -0.1) is 23.5 Å². The van der Waals surface area contributed by atoms with E-state index >= 15 is 0 Å². The zero-order chi connectivity index (χ0) is 17.6. The van der Waals surface area contributed by atoms with E-state index in [2.05, 4.69) is 59.2 Å². The first-order chi connectivity index (χ1) is 12.7. The van der Waals surface area contributed by atoms with Crippen LogP contribution in [0.5, 0.6) is 0 Å². The molecule has 2 aromatic carbocycles. The average Bonchev–Trinajstić information content (AvgIpc) is 3.11. The summed E-state index contributed by atoms with van der Waals surface area (Å²) >= 11 is 4.42. The van der Waals surface area contributed by atoms with Gasteiger partial charge in [-0.1, -0.05) is 36.8 Å². The zero-order valence-corrected chi connectivity index (χ0v) is 16.6. The molecular weight excluding hydrogens is 358 g/mol. The fourth-order valence-corrected chi connectivity index (χ4v) is 9.27. The first-order valence-electron chi connectivity index (χ1n) is 9.82. The van der Waals surface area contributed by atoms with Gasteiger partial charge in [0.05, 0.1) is 4.08 Å². The molecule has 1 amide bonds. The van der Waals surface area contributed by atoms with Gasteiger partial charge in [-0.3, -0.25) is 4.79 Å². The minimum Gasteiger partial charge on any atom is -0.326 e. The third kappa shape index (κ3) is 2.86. The van der Waals surface area contributed by atoms with Crippen molar-refractivity contribution in [2.24, 2.45) is 17.8 Å². The minimum atomic E-state index is 0.184. The Morgan fingerprint density at radius 1 is 0.962 bits per heavy atom. The van der Waals surface area contributed by atoms with E-state index in [4.69, 9.17) is 0 Å². The van der Waals surface area contributed by atoms with Crippen LogP contribution in [0.3, 0.4) is 0 Å². The molecule has 26 heavy (non-hydrogen) atoms. The van der Waals surface area contributed by atoms with Gasteiger partial charge in [-0.05, 0) is 60.4 Å². The summed E-state index contributed by atoms with van der Waals surface area (Å²) in [4.78, 5) is 13.0. The van der Waals surface area contributed by atoms with E-state index in [1.165, 1.54) is 41.5 Å². The SMILES string of the molecule is O=C(Nc1ccc2ccccc2c1)C1C[C@H]2CCC[C@@H](C1)C21SCCS1. The fraction of sp³-hybridized carbons (Fsp3) is 0.500. The Balaban J connectivity index is 1.33. The van der Waals surface area contributed by atoms with Crippen molar-refractivity contribution in [3.8, 4) is 0 Å². The molecule has 1 N–H and O–H groups in total. The average molecular weight is 384 g/mol. The van der Waals surface area contributed by atoms with E-state index < -0.39 is 0 Å². The van der Waals surface area contributed by atoms with Crippen LogP contribution in [0.15, 0.2) is 42.5 Å². The molecule has 4 heteroatoms. The van der Waals surface area contributed by atoms with Gasteiger partial charge in [0.1, 0.15) is 0 Å². The van der Waals surface area contributed by atoms with Crippen molar-refractivity contribution < 1.29 is 4.79 Å². The Hall–Kier alpha value is -1.13. The number of nitrogens with one attached hydrogen (secondary N) is 1. The minimum absolute atomic E-state index is 0.184. The molecule has 3 atom stereocenters. The summed E-state index contributed by atoms with van der Waals surface area (Å²) in [6, 6.07) is 14.5. The molecule has 1 aliphatic heterocycles. The normalized spacial score (nSPS) is 29.8. The highest BCUT2D eigenvalue weighted by atomic mass is 32.2. The van der Waals surface area contributed by atoms with Crippen molar-refractivity contribution in [3.05, 3.63) is 42.5 Å². The molecule has 136 valence electrons. The first-order valence-corrected chi connectivity index (χ1v) is 11.8. The topological polar surface area (TPSA) is 29.1 Å². The molecule has 2 aromatic rings. The van der Waals surface area contributed by atoms with E-state index in [1.807, 2.05) is 12.1 Å². The van der Waals surface area contributed by atoms with Crippen molar-refractivity contribution in [1.29, 1.82) is 0 Å². The molecule has 0 aromatic heterocycles. The number of benzene rings is 2. The number of fused-ring (bicyclic) bond motifs is 1. The maximum Gasteiger partial charge on any atom is 0.227 e. The molecule has 3 aliphatic rings. The number of hydrogen-bond acceptors (Lipinski definition) is 3. The van der Waals surface area contributed by atoms with Crippen molar-refractivity contribution in [1.82, 2.24) is 0 Å². The van der Waals surface area contributed by atoms with E-state index in [9.17, 15) is 4.79 Å². The third-order valence-corrected chi connectivity index (χ3v) is 10.5. The van der Waals surface area contributed by atoms with Crippen molar-refractivity contribution >= 4 is 45.9 Å². The Labute approximate surface area is 163 Å². The van der Waals surface area contributed by atoms with E-state index in [0.29, 0.717) is 4.08 Å². The van der Waals surface area contributed by atoms with Crippen LogP contribution in [0, 0.1) is 17.8 Å². The van der Waals surface area contributed by atoms with E-state index in [1.54, 1.807) is 0 Å². The molecule has 2 nitrogen and oxygen atoms in total. The molecule has 3 fully saturated rings. The summed E-state index contributed by atoms with van der Waals surface area (Å²) < 4.78 is 0.442. The zero-order valence-electron chi connectivity index (χ0n) is 14.9. The molecule has 5 rings (SSSR count). The van der Waals surface area contributed by atoms with Gasteiger partial charge >= 0.3 is 0 Å². The summed E-state index contributed by atoms with van der Waals surface area (Å²) in [6.45, 7) is 0. The van der Waals surface area contributed by atoms with E-state index in [-0.39, 0.29) is 11.8 Å². The second-order valence-electron chi connectivity index (χ2n) is 7.96. The number of hydrogen-bond donors (Lipinski definition) is 1. The lowest BCUT2D eigenvalue weighted by molar-refractivity contribution is -0.122. The highest BCUT2D eigenvalue weighted by molar-refractivity contribution is 8.21. The Morgan fingerprint density at radius 3 is 2.38 bits per heavy atom. The lowest BCUT2D eigenvalue weighted by atomic mass is 9.67. The predicted molar refractivity (Wildman–Crippen MR) is 114 cm³/mol. The monoisotopic (exact) mass is 383 g/mol. The Kier molecular flexibility index (Phi) is 4.44. The lowest BCUT2D eigenvalue weighted by Gasteiger charge is -2.52. The van der Waals surface area contributed by atoms with Gasteiger partial charge in [0.2, 0.25) is 5.91 Å². The largest absolute Gasteiger partial charge is 0.326 e. The summed E-state index contributed by atoms with van der Waals surface area (Å²) in [5.41, 5.74) is 0.934. The fourth-order valence-electron chi connectivity index (χ4n) is 5.33. The Bertz CT molecular complexity index is 814. The highest BCUT2D eigenvalue weighted by Gasteiger charge is 2.55. The van der Waals surface area contributed by atoms with Crippen LogP contribution in [-0.2, 0) is 4.79 Å². The van der Waals surface area contributed by atoms with Crippen LogP contribution in [-0.4, -0.2) is 21.5 Å². The lowest BCUT2D eigenvalue weighted by Crippen LogP contribution is -2.48. The van der Waals surface area contributed by atoms with Crippen LogP contribution in [0.1, 0.15) is 32.1 Å². The van der Waals surface area contributed by atoms with Crippen LogP contribution in [0.25, 0.3) is 10.8 Å². The number of rotatable bonds is 2. The molecule has 1 saturated heterocycles. The molecular formula is C22H25NOS2. The second kappa shape index (κ2) is 6.79.